The molecule has 2 N–H and O–H groups in total. The molecule has 1 rings (SSSR count). The van der Waals surface area contributed by atoms with Crippen molar-refractivity contribution in [2.75, 3.05) is 5.73 Å². The minimum absolute atomic E-state index is 0.716. The lowest BCUT2D eigenvalue weighted by Crippen LogP contribution is -1.87. The summed E-state index contributed by atoms with van der Waals surface area (Å²) in [4.78, 5) is 0. The van der Waals surface area contributed by atoms with E-state index in [1.165, 1.54) is 0 Å². The van der Waals surface area contributed by atoms with Gasteiger partial charge in [-0.05, 0) is 50.7 Å². The zero-order chi connectivity index (χ0) is 7.72. The minimum atomic E-state index is 0.716. The van der Waals surface area contributed by atoms with Gasteiger partial charge in [0, 0.05) is 13.7 Å². The molecule has 0 amide bonds. The minimum Gasteiger partial charge on any atom is -0.398 e. The highest BCUT2D eigenvalue weighted by atomic mass is 127. The maximum absolute atomic E-state index is 5.79. The van der Waals surface area contributed by atoms with Gasteiger partial charge in [-0.1, -0.05) is 11.6 Å². The van der Waals surface area contributed by atoms with Gasteiger partial charge >= 0.3 is 0 Å². The summed E-state index contributed by atoms with van der Waals surface area (Å²) in [5, 5.41) is 0.724. The summed E-state index contributed by atoms with van der Waals surface area (Å²) in [5.74, 6) is 0. The molecule has 0 heterocycles. The van der Waals surface area contributed by atoms with Crippen LogP contribution < -0.4 is 5.73 Å². The van der Waals surface area contributed by atoms with Crippen LogP contribution in [-0.4, -0.2) is 0 Å². The standard InChI is InChI=1S/C6H4BrClIN/c7-3-1-4(8)5(9)2-6(3)10/h1-2H,10H2. The lowest BCUT2D eigenvalue weighted by molar-refractivity contribution is 1.59. The second-order valence-corrected chi connectivity index (χ2v) is 4.21. The third kappa shape index (κ3) is 1.77. The average molecular weight is 332 g/mol. The Hall–Kier alpha value is 0.520. The molecule has 4 heteroatoms. The molecular weight excluding hydrogens is 328 g/mol. The molecule has 0 aromatic heterocycles. The molecule has 10 heavy (non-hydrogen) atoms. The molecule has 0 aliphatic carbocycles. The van der Waals surface area contributed by atoms with Crippen LogP contribution in [0.3, 0.4) is 0 Å². The van der Waals surface area contributed by atoms with Crippen LogP contribution in [0.15, 0.2) is 16.6 Å². The first-order valence-corrected chi connectivity index (χ1v) is 4.76. The van der Waals surface area contributed by atoms with E-state index in [1.54, 1.807) is 6.07 Å². The van der Waals surface area contributed by atoms with E-state index in [4.69, 9.17) is 17.3 Å². The molecular formula is C6H4BrClIN. The smallest absolute Gasteiger partial charge is 0.0552 e. The number of hydrogen-bond donors (Lipinski definition) is 1. The monoisotopic (exact) mass is 331 g/mol. The Morgan fingerprint density at radius 1 is 1.50 bits per heavy atom. The number of benzene rings is 1. The fraction of sp³-hybridized carbons (Fsp3) is 0. The second-order valence-electron chi connectivity index (χ2n) is 1.79. The lowest BCUT2D eigenvalue weighted by atomic mass is 10.3. The van der Waals surface area contributed by atoms with Crippen LogP contribution in [0.1, 0.15) is 0 Å². The fourth-order valence-electron chi connectivity index (χ4n) is 0.538. The Morgan fingerprint density at radius 3 is 2.60 bits per heavy atom. The van der Waals surface area contributed by atoms with Crippen LogP contribution in [-0.2, 0) is 0 Å². The van der Waals surface area contributed by atoms with Gasteiger partial charge < -0.3 is 5.73 Å². The highest BCUT2D eigenvalue weighted by Crippen LogP contribution is 2.27. The molecule has 0 unspecified atom stereocenters. The number of nitrogens with two attached hydrogens (primary N) is 1. The van der Waals surface area contributed by atoms with Crippen LogP contribution in [0.25, 0.3) is 0 Å². The van der Waals surface area contributed by atoms with E-state index >= 15 is 0 Å². The first-order valence-electron chi connectivity index (χ1n) is 2.51. The predicted octanol–water partition coefficient (Wildman–Crippen LogP) is 3.29. The molecule has 0 aliphatic rings. The largest absolute Gasteiger partial charge is 0.398 e. The third-order valence-electron chi connectivity index (χ3n) is 1.04. The van der Waals surface area contributed by atoms with E-state index in [-0.39, 0.29) is 0 Å². The summed E-state index contributed by atoms with van der Waals surface area (Å²) in [6.07, 6.45) is 0. The van der Waals surface area contributed by atoms with Gasteiger partial charge in [-0.15, -0.1) is 0 Å². The zero-order valence-electron chi connectivity index (χ0n) is 4.87. The van der Waals surface area contributed by atoms with Gasteiger partial charge in [-0.3, -0.25) is 0 Å². The highest BCUT2D eigenvalue weighted by molar-refractivity contribution is 14.1. The summed E-state index contributed by atoms with van der Waals surface area (Å²) >= 11 is 11.2. The molecule has 0 aliphatic heterocycles. The molecule has 54 valence electrons. The van der Waals surface area contributed by atoms with E-state index < -0.39 is 0 Å². The van der Waals surface area contributed by atoms with Crippen LogP contribution >= 0.6 is 50.1 Å². The maximum atomic E-state index is 5.79. The van der Waals surface area contributed by atoms with Gasteiger partial charge in [0.05, 0.1) is 5.02 Å². The van der Waals surface area contributed by atoms with Crippen LogP contribution in [0, 0.1) is 3.57 Å². The van der Waals surface area contributed by atoms with Crippen LogP contribution in [0.5, 0.6) is 0 Å². The van der Waals surface area contributed by atoms with Crippen molar-refractivity contribution in [1.29, 1.82) is 0 Å². The van der Waals surface area contributed by atoms with Crippen molar-refractivity contribution in [1.82, 2.24) is 0 Å². The molecule has 0 bridgehead atoms. The number of anilines is 1. The average Bonchev–Trinajstić information content (AvgIpc) is 1.84. The zero-order valence-corrected chi connectivity index (χ0v) is 9.37. The Kier molecular flexibility index (Phi) is 2.82. The topological polar surface area (TPSA) is 26.0 Å². The van der Waals surface area contributed by atoms with Crippen molar-refractivity contribution in [3.8, 4) is 0 Å². The van der Waals surface area contributed by atoms with E-state index in [2.05, 4.69) is 38.5 Å². The molecule has 1 nitrogen and oxygen atoms in total. The number of halogens is 3. The van der Waals surface area contributed by atoms with Crippen molar-refractivity contribution in [2.24, 2.45) is 0 Å². The molecule has 0 saturated carbocycles. The highest BCUT2D eigenvalue weighted by Gasteiger charge is 2.00. The van der Waals surface area contributed by atoms with Crippen molar-refractivity contribution in [3.05, 3.63) is 25.2 Å². The van der Waals surface area contributed by atoms with E-state index in [1.807, 2.05) is 6.07 Å². The molecule has 1 aromatic rings. The molecule has 1 aromatic carbocycles. The quantitative estimate of drug-likeness (QED) is 0.440. The predicted molar refractivity (Wildman–Crippen MR) is 56.3 cm³/mol. The number of rotatable bonds is 0. The van der Waals surface area contributed by atoms with Gasteiger partial charge in [0.15, 0.2) is 0 Å². The number of nitrogen functional groups attached to an aromatic ring is 1. The molecule has 0 saturated heterocycles. The van der Waals surface area contributed by atoms with Crippen LogP contribution in [0.2, 0.25) is 5.02 Å². The first-order chi connectivity index (χ1) is 4.61. The molecule has 0 atom stereocenters. The Bertz CT molecular complexity index is 214. The Balaban J connectivity index is 3.28. The van der Waals surface area contributed by atoms with E-state index in [9.17, 15) is 0 Å². The molecule has 0 radical (unpaired) electrons. The van der Waals surface area contributed by atoms with Gasteiger partial charge in [0.25, 0.3) is 0 Å². The summed E-state index contributed by atoms with van der Waals surface area (Å²) in [5.41, 5.74) is 6.30. The van der Waals surface area contributed by atoms with Gasteiger partial charge in [0.1, 0.15) is 0 Å². The third-order valence-corrected chi connectivity index (χ3v) is 3.25. The van der Waals surface area contributed by atoms with Gasteiger partial charge in [0.2, 0.25) is 0 Å². The summed E-state index contributed by atoms with van der Waals surface area (Å²) in [6.45, 7) is 0. The maximum Gasteiger partial charge on any atom is 0.0552 e. The van der Waals surface area contributed by atoms with Crippen LogP contribution in [0.4, 0.5) is 5.69 Å². The second kappa shape index (κ2) is 3.28. The van der Waals surface area contributed by atoms with Crippen molar-refractivity contribution < 1.29 is 0 Å². The molecule has 0 fully saturated rings. The Morgan fingerprint density at radius 2 is 2.10 bits per heavy atom. The van der Waals surface area contributed by atoms with Crippen molar-refractivity contribution in [2.45, 2.75) is 0 Å². The van der Waals surface area contributed by atoms with E-state index in [0.717, 1.165) is 13.1 Å². The van der Waals surface area contributed by atoms with Crippen molar-refractivity contribution in [3.63, 3.8) is 0 Å². The lowest BCUT2D eigenvalue weighted by Gasteiger charge is -1.99. The first kappa shape index (κ1) is 8.62. The summed E-state index contributed by atoms with van der Waals surface area (Å²) in [7, 11) is 0. The fourth-order valence-corrected chi connectivity index (χ4v) is 1.67. The summed E-state index contributed by atoms with van der Waals surface area (Å²) in [6, 6.07) is 3.62. The van der Waals surface area contributed by atoms with Crippen molar-refractivity contribution >= 4 is 55.8 Å². The SMILES string of the molecule is Nc1cc(I)c(Cl)cc1Br. The Labute approximate surface area is 86.2 Å². The van der Waals surface area contributed by atoms with Gasteiger partial charge in [-0.2, -0.15) is 0 Å². The number of hydrogen-bond acceptors (Lipinski definition) is 1. The van der Waals surface area contributed by atoms with E-state index in [0.29, 0.717) is 5.69 Å². The molecule has 0 spiro atoms. The normalized spacial score (nSPS) is 9.90. The summed E-state index contributed by atoms with van der Waals surface area (Å²) < 4.78 is 1.82. The van der Waals surface area contributed by atoms with Gasteiger partial charge in [-0.25, -0.2) is 0 Å².